The van der Waals surface area contributed by atoms with E-state index in [1.165, 1.54) is 7.28 Å². The Morgan fingerprint density at radius 3 is 2.31 bits per heavy atom. The summed E-state index contributed by atoms with van der Waals surface area (Å²) in [6.07, 6.45) is 1.12. The van der Waals surface area contributed by atoms with Crippen LogP contribution in [0.5, 0.6) is 0 Å². The van der Waals surface area contributed by atoms with E-state index in [4.69, 9.17) is 5.73 Å². The molecule has 2 N–H and O–H groups in total. The summed E-state index contributed by atoms with van der Waals surface area (Å²) >= 11 is 0. The Morgan fingerprint density at radius 2 is 1.85 bits per heavy atom. The minimum Gasteiger partial charge on any atom is -0.322 e. The molecule has 0 aromatic heterocycles. The first kappa shape index (κ1) is 10.3. The van der Waals surface area contributed by atoms with Crippen molar-refractivity contribution in [2.75, 3.05) is 6.26 Å². The van der Waals surface area contributed by atoms with Gasteiger partial charge in [0.15, 0.2) is 17.1 Å². The van der Waals surface area contributed by atoms with Crippen LogP contribution in [0.1, 0.15) is 0 Å². The second kappa shape index (κ2) is 3.94. The summed E-state index contributed by atoms with van der Waals surface area (Å²) in [7, 11) is -1.66. The van der Waals surface area contributed by atoms with Gasteiger partial charge in [0.25, 0.3) is 0 Å². The third-order valence-electron chi connectivity index (χ3n) is 1.65. The monoisotopic (exact) mass is 196 g/mol. The first-order chi connectivity index (χ1) is 6.00. The van der Waals surface area contributed by atoms with Gasteiger partial charge in [-0.25, -0.2) is 8.42 Å². The van der Waals surface area contributed by atoms with Crippen molar-refractivity contribution >= 4 is 22.6 Å². The molecule has 0 aliphatic carbocycles. The first-order valence-electron chi connectivity index (χ1n) is 3.84. The second-order valence-electron chi connectivity index (χ2n) is 2.87. The van der Waals surface area contributed by atoms with Crippen molar-refractivity contribution in [2.24, 2.45) is 5.73 Å². The number of rotatable bonds is 3. The molecule has 0 aliphatic rings. The van der Waals surface area contributed by atoms with E-state index < -0.39 is 15.1 Å². The zero-order valence-electron chi connectivity index (χ0n) is 7.34. The van der Waals surface area contributed by atoms with Gasteiger partial charge in [0, 0.05) is 6.26 Å². The lowest BCUT2D eigenvalue weighted by molar-refractivity contribution is 0.598. The lowest BCUT2D eigenvalue weighted by Crippen LogP contribution is -2.41. The topological polar surface area (TPSA) is 60.2 Å². The van der Waals surface area contributed by atoms with Crippen LogP contribution in [0.4, 0.5) is 0 Å². The average Bonchev–Trinajstić information content (AvgIpc) is 2.04. The van der Waals surface area contributed by atoms with Crippen LogP contribution in [-0.2, 0) is 9.84 Å². The van der Waals surface area contributed by atoms with Gasteiger partial charge < -0.3 is 5.73 Å². The largest absolute Gasteiger partial charge is 0.322 e. The number of hydrogen-bond acceptors (Lipinski definition) is 3. The van der Waals surface area contributed by atoms with Crippen LogP contribution in [0.2, 0.25) is 0 Å². The van der Waals surface area contributed by atoms with E-state index in [2.05, 4.69) is 0 Å². The minimum absolute atomic E-state index is 0.820. The fourth-order valence-corrected chi connectivity index (χ4v) is 1.28. The fourth-order valence-electron chi connectivity index (χ4n) is 0.877. The molecule has 0 saturated carbocycles. The maximum absolute atomic E-state index is 11.0. The van der Waals surface area contributed by atoms with Gasteiger partial charge in [-0.1, -0.05) is 35.8 Å². The lowest BCUT2D eigenvalue weighted by atomic mass is 9.70. The van der Waals surface area contributed by atoms with Gasteiger partial charge in [-0.05, 0) is 0 Å². The van der Waals surface area contributed by atoms with Crippen LogP contribution in [0.15, 0.2) is 30.3 Å². The maximum Gasteiger partial charge on any atom is 0.193 e. The summed E-state index contributed by atoms with van der Waals surface area (Å²) in [5.41, 5.74) is 6.26. The highest BCUT2D eigenvalue weighted by molar-refractivity contribution is 7.92. The number of sulfone groups is 1. The molecular weight excluding hydrogens is 185 g/mol. The Kier molecular flexibility index (Phi) is 3.11. The molecule has 1 radical (unpaired) electrons. The van der Waals surface area contributed by atoms with E-state index in [1.54, 1.807) is 0 Å². The van der Waals surface area contributed by atoms with Gasteiger partial charge in [-0.3, -0.25) is 0 Å². The summed E-state index contributed by atoms with van der Waals surface area (Å²) < 4.78 is 22.0. The molecule has 13 heavy (non-hydrogen) atoms. The quantitative estimate of drug-likeness (QED) is 0.650. The van der Waals surface area contributed by atoms with E-state index >= 15 is 0 Å². The summed E-state index contributed by atoms with van der Waals surface area (Å²) in [4.78, 5) is 0. The lowest BCUT2D eigenvalue weighted by Gasteiger charge is -2.07. The van der Waals surface area contributed by atoms with E-state index in [9.17, 15) is 8.42 Å². The SMILES string of the molecule is CS(=O)(=O)C(N)[B]c1ccccc1. The van der Waals surface area contributed by atoms with Crippen LogP contribution in [-0.4, -0.2) is 27.2 Å². The molecule has 1 aromatic rings. The molecule has 1 unspecified atom stereocenters. The molecular formula is C8H11BNO2S. The summed E-state index contributed by atoms with van der Waals surface area (Å²) in [6, 6.07) is 9.15. The zero-order chi connectivity index (χ0) is 9.90. The van der Waals surface area contributed by atoms with Gasteiger partial charge in [0.2, 0.25) is 0 Å². The van der Waals surface area contributed by atoms with Crippen molar-refractivity contribution < 1.29 is 8.42 Å². The molecule has 0 aliphatic heterocycles. The predicted octanol–water partition coefficient (Wildman–Crippen LogP) is -0.697. The van der Waals surface area contributed by atoms with Crippen molar-refractivity contribution in [2.45, 2.75) is 5.27 Å². The first-order valence-corrected chi connectivity index (χ1v) is 5.80. The Bertz CT molecular complexity index is 363. The van der Waals surface area contributed by atoms with Crippen LogP contribution in [0.25, 0.3) is 0 Å². The molecule has 0 fully saturated rings. The highest BCUT2D eigenvalue weighted by Gasteiger charge is 2.16. The van der Waals surface area contributed by atoms with Crippen LogP contribution in [0, 0.1) is 0 Å². The molecule has 0 bridgehead atoms. The molecule has 1 atom stereocenters. The van der Waals surface area contributed by atoms with Gasteiger partial charge in [0.05, 0.1) is 5.27 Å². The van der Waals surface area contributed by atoms with Crippen molar-refractivity contribution in [3.63, 3.8) is 0 Å². The van der Waals surface area contributed by atoms with E-state index in [1.807, 2.05) is 30.3 Å². The molecule has 3 nitrogen and oxygen atoms in total. The van der Waals surface area contributed by atoms with Gasteiger partial charge in [0.1, 0.15) is 0 Å². The van der Waals surface area contributed by atoms with Crippen LogP contribution >= 0.6 is 0 Å². The average molecular weight is 196 g/mol. The third-order valence-corrected chi connectivity index (χ3v) is 2.78. The van der Waals surface area contributed by atoms with Crippen molar-refractivity contribution in [1.29, 1.82) is 0 Å². The minimum atomic E-state index is -3.18. The Balaban J connectivity index is 2.72. The van der Waals surface area contributed by atoms with Crippen molar-refractivity contribution in [3.8, 4) is 0 Å². The number of nitrogens with two attached hydrogens (primary N) is 1. The highest BCUT2D eigenvalue weighted by atomic mass is 32.2. The standard InChI is InChI=1S/C8H11BNO2S/c1-13(11,12)8(10)9-7-5-3-2-4-6-7/h2-6,8H,10H2,1H3. The van der Waals surface area contributed by atoms with Gasteiger partial charge >= 0.3 is 0 Å². The van der Waals surface area contributed by atoms with Crippen LogP contribution in [0.3, 0.4) is 0 Å². The van der Waals surface area contributed by atoms with Crippen molar-refractivity contribution in [3.05, 3.63) is 30.3 Å². The summed E-state index contributed by atoms with van der Waals surface area (Å²) in [5.74, 6) is 0. The predicted molar refractivity (Wildman–Crippen MR) is 54.6 cm³/mol. The van der Waals surface area contributed by atoms with E-state index in [0.717, 1.165) is 11.7 Å². The summed E-state index contributed by atoms with van der Waals surface area (Å²) in [5, 5.41) is -0.921. The number of benzene rings is 1. The summed E-state index contributed by atoms with van der Waals surface area (Å²) in [6.45, 7) is 0. The smallest absolute Gasteiger partial charge is 0.193 e. The number of hydrogen-bond donors (Lipinski definition) is 1. The maximum atomic E-state index is 11.0. The molecule has 69 valence electrons. The molecule has 0 spiro atoms. The molecule has 1 rings (SSSR count). The van der Waals surface area contributed by atoms with Gasteiger partial charge in [-0.15, -0.1) is 0 Å². The van der Waals surface area contributed by atoms with Crippen molar-refractivity contribution in [1.82, 2.24) is 0 Å². The Labute approximate surface area is 79.1 Å². The molecule has 0 saturated heterocycles. The normalized spacial score (nSPS) is 13.7. The second-order valence-corrected chi connectivity index (χ2v) is 5.07. The fraction of sp³-hybridized carbons (Fsp3) is 0.250. The third kappa shape index (κ3) is 3.20. The zero-order valence-corrected chi connectivity index (χ0v) is 8.16. The van der Waals surface area contributed by atoms with Crippen LogP contribution < -0.4 is 11.2 Å². The van der Waals surface area contributed by atoms with E-state index in [-0.39, 0.29) is 0 Å². The van der Waals surface area contributed by atoms with E-state index in [0.29, 0.717) is 0 Å². The molecule has 5 heteroatoms. The Hall–Kier alpha value is -0.805. The van der Waals surface area contributed by atoms with Gasteiger partial charge in [-0.2, -0.15) is 0 Å². The molecule has 0 amide bonds. The molecule has 0 heterocycles. The molecule has 1 aromatic carbocycles. The Morgan fingerprint density at radius 1 is 1.31 bits per heavy atom. The highest BCUT2D eigenvalue weighted by Crippen LogP contribution is 1.90.